The zero-order valence-electron chi connectivity index (χ0n) is 8.58. The van der Waals surface area contributed by atoms with Gasteiger partial charge in [-0.05, 0) is 24.6 Å². The van der Waals surface area contributed by atoms with Gasteiger partial charge >= 0.3 is 0 Å². The summed E-state index contributed by atoms with van der Waals surface area (Å²) in [6.07, 6.45) is 5.17. The molecule has 0 spiro atoms. The van der Waals surface area contributed by atoms with Crippen LogP contribution in [0.5, 0.6) is 0 Å². The number of pyridine rings is 1. The van der Waals surface area contributed by atoms with E-state index in [1.165, 1.54) is 6.92 Å². The second-order valence-electron chi connectivity index (χ2n) is 2.92. The molecule has 1 aromatic heterocycles. The summed E-state index contributed by atoms with van der Waals surface area (Å²) in [5, 5.41) is 5.75. The molecular formula is C10H9N5O. The van der Waals surface area contributed by atoms with Gasteiger partial charge in [0.05, 0.1) is 0 Å². The standard InChI is InChI=1S/C10H9N5O/c1-3-8-5-4-6-9(12-8)13-10(16)7(2)14-15-11/h1,4-7H,2H3,(H,12,13,16)/t7-/m1/s1. The normalized spacial score (nSPS) is 10.8. The van der Waals surface area contributed by atoms with Gasteiger partial charge in [0, 0.05) is 4.91 Å². The minimum atomic E-state index is -0.790. The highest BCUT2D eigenvalue weighted by Gasteiger charge is 2.11. The lowest BCUT2D eigenvalue weighted by Crippen LogP contribution is -2.23. The average Bonchev–Trinajstić information content (AvgIpc) is 2.29. The zero-order valence-corrected chi connectivity index (χ0v) is 8.58. The second-order valence-corrected chi connectivity index (χ2v) is 2.92. The van der Waals surface area contributed by atoms with Gasteiger partial charge < -0.3 is 5.32 Å². The molecule has 0 unspecified atom stereocenters. The smallest absolute Gasteiger partial charge is 0.234 e. The third-order valence-electron chi connectivity index (χ3n) is 1.75. The van der Waals surface area contributed by atoms with Crippen molar-refractivity contribution in [2.75, 3.05) is 5.32 Å². The Morgan fingerprint density at radius 3 is 3.12 bits per heavy atom. The van der Waals surface area contributed by atoms with Gasteiger partial charge in [0.2, 0.25) is 5.91 Å². The molecule has 0 aliphatic carbocycles. The van der Waals surface area contributed by atoms with Crippen molar-refractivity contribution >= 4 is 11.7 Å². The first-order valence-electron chi connectivity index (χ1n) is 4.46. The zero-order chi connectivity index (χ0) is 12.0. The van der Waals surface area contributed by atoms with E-state index in [4.69, 9.17) is 12.0 Å². The Balaban J connectivity index is 2.77. The number of anilines is 1. The number of aromatic nitrogens is 1. The molecule has 0 saturated heterocycles. The Hall–Kier alpha value is -2.51. The lowest BCUT2D eigenvalue weighted by atomic mass is 10.3. The maximum absolute atomic E-state index is 11.4. The maximum atomic E-state index is 11.4. The fraction of sp³-hybridized carbons (Fsp3) is 0.200. The largest absolute Gasteiger partial charge is 0.310 e. The average molecular weight is 215 g/mol. The molecule has 6 nitrogen and oxygen atoms in total. The van der Waals surface area contributed by atoms with E-state index in [0.717, 1.165) is 0 Å². The molecular weight excluding hydrogens is 206 g/mol. The molecule has 0 aliphatic heterocycles. The van der Waals surface area contributed by atoms with Crippen LogP contribution in [-0.2, 0) is 4.79 Å². The van der Waals surface area contributed by atoms with Crippen LogP contribution in [0.1, 0.15) is 12.6 Å². The first-order valence-corrected chi connectivity index (χ1v) is 4.46. The maximum Gasteiger partial charge on any atom is 0.234 e. The van der Waals surface area contributed by atoms with Crippen molar-refractivity contribution in [1.29, 1.82) is 0 Å². The molecule has 1 rings (SSSR count). The van der Waals surface area contributed by atoms with Gasteiger partial charge in [-0.15, -0.1) is 6.42 Å². The summed E-state index contributed by atoms with van der Waals surface area (Å²) >= 11 is 0. The molecule has 16 heavy (non-hydrogen) atoms. The van der Waals surface area contributed by atoms with Gasteiger partial charge in [-0.1, -0.05) is 17.1 Å². The van der Waals surface area contributed by atoms with Crippen LogP contribution in [0.3, 0.4) is 0 Å². The van der Waals surface area contributed by atoms with E-state index in [0.29, 0.717) is 11.5 Å². The summed E-state index contributed by atoms with van der Waals surface area (Å²) in [5.74, 6) is 2.25. The van der Waals surface area contributed by atoms with Gasteiger partial charge in [-0.3, -0.25) is 4.79 Å². The van der Waals surface area contributed by atoms with E-state index < -0.39 is 11.9 Å². The van der Waals surface area contributed by atoms with E-state index in [1.807, 2.05) is 0 Å². The number of nitrogens with zero attached hydrogens (tertiary/aromatic N) is 4. The van der Waals surface area contributed by atoms with Crippen molar-refractivity contribution in [3.05, 3.63) is 34.3 Å². The van der Waals surface area contributed by atoms with E-state index in [9.17, 15) is 4.79 Å². The van der Waals surface area contributed by atoms with Crippen molar-refractivity contribution in [3.63, 3.8) is 0 Å². The van der Waals surface area contributed by atoms with Crippen LogP contribution >= 0.6 is 0 Å². The quantitative estimate of drug-likeness (QED) is 0.360. The lowest BCUT2D eigenvalue weighted by molar-refractivity contribution is -0.117. The lowest BCUT2D eigenvalue weighted by Gasteiger charge is -2.06. The van der Waals surface area contributed by atoms with Crippen LogP contribution in [0.4, 0.5) is 5.82 Å². The summed E-state index contributed by atoms with van der Waals surface area (Å²) < 4.78 is 0. The molecule has 6 heteroatoms. The molecule has 1 heterocycles. The molecule has 0 aliphatic rings. The second kappa shape index (κ2) is 5.39. The van der Waals surface area contributed by atoms with E-state index in [1.54, 1.807) is 18.2 Å². The minimum Gasteiger partial charge on any atom is -0.310 e. The number of amides is 1. The van der Waals surface area contributed by atoms with Crippen molar-refractivity contribution in [2.24, 2.45) is 5.11 Å². The van der Waals surface area contributed by atoms with E-state index >= 15 is 0 Å². The molecule has 1 N–H and O–H groups in total. The summed E-state index contributed by atoms with van der Waals surface area (Å²) in [4.78, 5) is 17.9. The van der Waals surface area contributed by atoms with E-state index in [2.05, 4.69) is 26.2 Å². The van der Waals surface area contributed by atoms with Crippen LogP contribution < -0.4 is 5.32 Å². The summed E-state index contributed by atoms with van der Waals surface area (Å²) in [6, 6.07) is 4.13. The van der Waals surface area contributed by atoms with Gasteiger partial charge in [-0.25, -0.2) is 4.98 Å². The highest BCUT2D eigenvalue weighted by Crippen LogP contribution is 2.05. The van der Waals surface area contributed by atoms with E-state index in [-0.39, 0.29) is 0 Å². The van der Waals surface area contributed by atoms with Crippen LogP contribution in [0.25, 0.3) is 10.4 Å². The van der Waals surface area contributed by atoms with Crippen molar-refractivity contribution in [1.82, 2.24) is 4.98 Å². The number of carbonyl (C=O) groups excluding carboxylic acids is 1. The predicted octanol–water partition coefficient (Wildman–Crippen LogP) is 1.70. The predicted molar refractivity (Wildman–Crippen MR) is 59.4 cm³/mol. The van der Waals surface area contributed by atoms with Crippen molar-refractivity contribution in [3.8, 4) is 12.3 Å². The number of hydrogen-bond acceptors (Lipinski definition) is 3. The molecule has 0 aromatic carbocycles. The molecule has 80 valence electrons. The summed E-state index contributed by atoms with van der Waals surface area (Å²) in [5.41, 5.74) is 8.60. The number of azide groups is 1. The minimum absolute atomic E-state index is 0.334. The Morgan fingerprint density at radius 1 is 1.75 bits per heavy atom. The fourth-order valence-corrected chi connectivity index (χ4v) is 0.945. The Labute approximate surface area is 92.3 Å². The third-order valence-corrected chi connectivity index (χ3v) is 1.75. The molecule has 0 bridgehead atoms. The molecule has 1 atom stereocenters. The molecule has 0 saturated carbocycles. The fourth-order valence-electron chi connectivity index (χ4n) is 0.945. The Kier molecular flexibility index (Phi) is 3.90. The number of hydrogen-bond donors (Lipinski definition) is 1. The summed E-state index contributed by atoms with van der Waals surface area (Å²) in [6.45, 7) is 1.49. The molecule has 1 amide bonds. The Morgan fingerprint density at radius 2 is 2.50 bits per heavy atom. The number of carbonyl (C=O) groups is 1. The third kappa shape index (κ3) is 3.01. The van der Waals surface area contributed by atoms with Crippen LogP contribution in [0.15, 0.2) is 23.3 Å². The number of nitrogens with one attached hydrogen (secondary N) is 1. The first-order chi connectivity index (χ1) is 7.67. The van der Waals surface area contributed by atoms with Crippen LogP contribution in [0.2, 0.25) is 0 Å². The highest BCUT2D eigenvalue weighted by molar-refractivity contribution is 5.93. The SMILES string of the molecule is C#Cc1cccc(NC(=O)[C@@H](C)N=[N+]=[N-])n1. The highest BCUT2D eigenvalue weighted by atomic mass is 16.2. The van der Waals surface area contributed by atoms with Gasteiger partial charge in [-0.2, -0.15) is 0 Å². The molecule has 1 aromatic rings. The van der Waals surface area contributed by atoms with Crippen molar-refractivity contribution < 1.29 is 4.79 Å². The Bertz CT molecular complexity index is 484. The monoisotopic (exact) mass is 215 g/mol. The molecule has 0 radical (unpaired) electrons. The molecule has 0 fully saturated rings. The van der Waals surface area contributed by atoms with Gasteiger partial charge in [0.25, 0.3) is 0 Å². The first kappa shape index (κ1) is 11.6. The number of terminal acetylenes is 1. The number of rotatable bonds is 3. The van der Waals surface area contributed by atoms with Crippen LogP contribution in [-0.4, -0.2) is 16.9 Å². The van der Waals surface area contributed by atoms with Crippen LogP contribution in [0, 0.1) is 12.3 Å². The van der Waals surface area contributed by atoms with Gasteiger partial charge in [0.15, 0.2) is 0 Å². The van der Waals surface area contributed by atoms with Crippen molar-refractivity contribution in [2.45, 2.75) is 13.0 Å². The van der Waals surface area contributed by atoms with Gasteiger partial charge in [0.1, 0.15) is 17.6 Å². The topological polar surface area (TPSA) is 90.8 Å². The summed E-state index contributed by atoms with van der Waals surface area (Å²) in [7, 11) is 0.